The molecule has 0 aromatic heterocycles. The summed E-state index contributed by atoms with van der Waals surface area (Å²) in [5.41, 5.74) is 1.07. The number of imide groups is 1. The first-order valence-corrected chi connectivity index (χ1v) is 6.85. The maximum Gasteiger partial charge on any atom is 0.250 e. The highest BCUT2D eigenvalue weighted by Crippen LogP contribution is 2.29. The summed E-state index contributed by atoms with van der Waals surface area (Å²) in [7, 11) is 0. The van der Waals surface area contributed by atoms with E-state index in [4.69, 9.17) is 0 Å². The molecule has 5 nitrogen and oxygen atoms in total. The number of amides is 3. The lowest BCUT2D eigenvalue weighted by Crippen LogP contribution is -2.20. The second-order valence-electron chi connectivity index (χ2n) is 4.43. The number of carbonyl (C=O) groups is 3. The second-order valence-corrected chi connectivity index (χ2v) is 5.45. The molecule has 20 heavy (non-hydrogen) atoms. The van der Waals surface area contributed by atoms with Crippen molar-refractivity contribution in [2.75, 3.05) is 5.32 Å². The fourth-order valence-electron chi connectivity index (χ4n) is 1.60. The maximum absolute atomic E-state index is 11.5. The van der Waals surface area contributed by atoms with Crippen molar-refractivity contribution in [2.45, 2.75) is 24.7 Å². The zero-order valence-corrected chi connectivity index (χ0v) is 11.8. The zero-order chi connectivity index (χ0) is 14.7. The molecule has 2 rings (SSSR count). The number of hydrogen-bond donors (Lipinski definition) is 1. The number of carbonyl (C=O) groups excluding carboxylic acids is 3. The second kappa shape index (κ2) is 5.92. The van der Waals surface area contributed by atoms with Crippen molar-refractivity contribution in [3.63, 3.8) is 0 Å². The lowest BCUT2D eigenvalue weighted by atomic mass is 10.3. The van der Waals surface area contributed by atoms with Crippen LogP contribution in [0, 0.1) is 0 Å². The topological polar surface area (TPSA) is 66.5 Å². The van der Waals surface area contributed by atoms with E-state index in [9.17, 15) is 14.4 Å². The van der Waals surface area contributed by atoms with Crippen molar-refractivity contribution in [1.29, 1.82) is 0 Å². The smallest absolute Gasteiger partial charge is 0.250 e. The molecule has 1 heterocycles. The summed E-state index contributed by atoms with van der Waals surface area (Å²) in [5, 5.41) is 2.68. The van der Waals surface area contributed by atoms with Crippen LogP contribution < -0.4 is 5.32 Å². The summed E-state index contributed by atoms with van der Waals surface area (Å²) in [6.07, 6.45) is 0.553. The van der Waals surface area contributed by atoms with Crippen molar-refractivity contribution < 1.29 is 14.4 Å². The van der Waals surface area contributed by atoms with E-state index in [1.54, 1.807) is 31.2 Å². The molecule has 1 aromatic carbocycles. The quantitative estimate of drug-likeness (QED) is 0.525. The van der Waals surface area contributed by atoms with E-state index in [1.807, 2.05) is 0 Å². The van der Waals surface area contributed by atoms with Gasteiger partial charge < -0.3 is 5.32 Å². The van der Waals surface area contributed by atoms with E-state index < -0.39 is 0 Å². The summed E-state index contributed by atoms with van der Waals surface area (Å²) in [5.74, 6) is -0.574. The number of rotatable bonds is 4. The van der Waals surface area contributed by atoms with E-state index in [0.29, 0.717) is 11.3 Å². The molecule has 0 spiro atoms. The third-order valence-corrected chi connectivity index (χ3v) is 3.78. The van der Waals surface area contributed by atoms with E-state index in [0.717, 1.165) is 16.8 Å². The Balaban J connectivity index is 2.01. The van der Waals surface area contributed by atoms with Gasteiger partial charge in [-0.05, 0) is 43.1 Å². The molecule has 104 valence electrons. The Kier molecular flexibility index (Phi) is 4.24. The summed E-state index contributed by atoms with van der Waals surface area (Å²) >= 11 is 1.11. The molecule has 1 aliphatic heterocycles. The van der Waals surface area contributed by atoms with Crippen molar-refractivity contribution in [2.24, 2.45) is 0 Å². The normalized spacial score (nSPS) is 14.6. The van der Waals surface area contributed by atoms with Gasteiger partial charge in [-0.1, -0.05) is 6.58 Å². The minimum atomic E-state index is -0.240. The highest BCUT2D eigenvalue weighted by Gasteiger charge is 2.29. The average molecular weight is 290 g/mol. The number of nitrogens with zero attached hydrogens (tertiary/aromatic N) is 1. The van der Waals surface area contributed by atoms with Crippen LogP contribution in [0.1, 0.15) is 19.8 Å². The number of nitrogens with one attached hydrogen (secondary N) is 1. The Morgan fingerprint density at radius 2 is 1.75 bits per heavy atom. The van der Waals surface area contributed by atoms with Crippen molar-refractivity contribution in [3.05, 3.63) is 36.4 Å². The van der Waals surface area contributed by atoms with Crippen LogP contribution in [0.25, 0.3) is 0 Å². The molecule has 0 radical (unpaired) electrons. The van der Waals surface area contributed by atoms with Crippen LogP contribution in [0.5, 0.6) is 0 Å². The van der Waals surface area contributed by atoms with Crippen LogP contribution in [0.4, 0.5) is 5.69 Å². The number of anilines is 1. The lowest BCUT2D eigenvalue weighted by molar-refractivity contribution is -0.131. The monoisotopic (exact) mass is 290 g/mol. The lowest BCUT2D eigenvalue weighted by Gasteiger charge is -2.12. The molecular formula is C14H14N2O3S. The van der Waals surface area contributed by atoms with Gasteiger partial charge in [0.2, 0.25) is 11.8 Å². The molecule has 3 amide bonds. The van der Waals surface area contributed by atoms with E-state index in [2.05, 4.69) is 11.9 Å². The molecule has 1 fully saturated rings. The van der Waals surface area contributed by atoms with Gasteiger partial charge in [0.05, 0.1) is 0 Å². The molecule has 0 saturated carbocycles. The zero-order valence-electron chi connectivity index (χ0n) is 11.0. The fraction of sp³-hybridized carbons (Fsp3) is 0.214. The highest BCUT2D eigenvalue weighted by atomic mass is 32.2. The van der Waals surface area contributed by atoms with E-state index in [-0.39, 0.29) is 30.6 Å². The van der Waals surface area contributed by atoms with Crippen LogP contribution in [-0.4, -0.2) is 22.0 Å². The largest absolute Gasteiger partial charge is 0.322 e. The van der Waals surface area contributed by atoms with Gasteiger partial charge in [-0.2, -0.15) is 0 Å². The fourth-order valence-corrected chi connectivity index (χ4v) is 2.46. The van der Waals surface area contributed by atoms with Crippen LogP contribution in [0.15, 0.2) is 41.3 Å². The van der Waals surface area contributed by atoms with Gasteiger partial charge in [0.15, 0.2) is 0 Å². The predicted octanol–water partition coefficient (Wildman–Crippen LogP) is 2.36. The standard InChI is InChI=1S/C14H14N2O3S/c1-9(2)14(19)15-10-3-5-11(6-4-10)20-16-12(17)7-8-13(16)18/h3-6H,1,7-8H2,2H3,(H,15,19). The molecular weight excluding hydrogens is 276 g/mol. The van der Waals surface area contributed by atoms with Gasteiger partial charge in [0, 0.05) is 29.0 Å². The van der Waals surface area contributed by atoms with E-state index >= 15 is 0 Å². The first kappa shape index (κ1) is 14.3. The van der Waals surface area contributed by atoms with Crippen molar-refractivity contribution in [3.8, 4) is 0 Å². The van der Waals surface area contributed by atoms with Crippen molar-refractivity contribution >= 4 is 35.4 Å². The van der Waals surface area contributed by atoms with E-state index in [1.165, 1.54) is 4.31 Å². The minimum absolute atomic E-state index is 0.167. The molecule has 1 saturated heterocycles. The van der Waals surface area contributed by atoms with Crippen LogP contribution in [0.2, 0.25) is 0 Å². The van der Waals surface area contributed by atoms with Crippen molar-refractivity contribution in [1.82, 2.24) is 4.31 Å². The summed E-state index contributed by atoms with van der Waals surface area (Å²) in [6.45, 7) is 5.19. The molecule has 1 aromatic rings. The third kappa shape index (κ3) is 3.27. The van der Waals surface area contributed by atoms with Gasteiger partial charge in [-0.15, -0.1) is 0 Å². The Morgan fingerprint density at radius 3 is 2.25 bits per heavy atom. The van der Waals surface area contributed by atoms with Crippen LogP contribution >= 0.6 is 11.9 Å². The molecule has 1 N–H and O–H groups in total. The Hall–Kier alpha value is -2.08. The van der Waals surface area contributed by atoms with Gasteiger partial charge in [0.1, 0.15) is 0 Å². The number of benzene rings is 1. The van der Waals surface area contributed by atoms with Crippen LogP contribution in [-0.2, 0) is 14.4 Å². The van der Waals surface area contributed by atoms with Gasteiger partial charge >= 0.3 is 0 Å². The minimum Gasteiger partial charge on any atom is -0.322 e. The highest BCUT2D eigenvalue weighted by molar-refractivity contribution is 7.98. The third-order valence-electron chi connectivity index (χ3n) is 2.70. The summed E-state index contributed by atoms with van der Waals surface area (Å²) in [4.78, 5) is 35.2. The molecule has 6 heteroatoms. The molecule has 0 aliphatic carbocycles. The van der Waals surface area contributed by atoms with Crippen LogP contribution in [0.3, 0.4) is 0 Å². The first-order valence-electron chi connectivity index (χ1n) is 6.08. The Labute approximate surface area is 121 Å². The van der Waals surface area contributed by atoms with Gasteiger partial charge in [0.25, 0.3) is 5.91 Å². The maximum atomic E-state index is 11.5. The molecule has 1 aliphatic rings. The molecule has 0 atom stereocenters. The average Bonchev–Trinajstić information content (AvgIpc) is 2.72. The first-order chi connectivity index (χ1) is 9.47. The molecule has 0 bridgehead atoms. The van der Waals surface area contributed by atoms with Gasteiger partial charge in [-0.3, -0.25) is 14.4 Å². The van der Waals surface area contributed by atoms with Gasteiger partial charge in [-0.25, -0.2) is 4.31 Å². The summed E-state index contributed by atoms with van der Waals surface area (Å²) in [6, 6.07) is 6.93. The summed E-state index contributed by atoms with van der Waals surface area (Å²) < 4.78 is 1.18. The predicted molar refractivity (Wildman–Crippen MR) is 76.8 cm³/mol. The Bertz CT molecular complexity index is 565. The number of hydrogen-bond acceptors (Lipinski definition) is 4. The Morgan fingerprint density at radius 1 is 1.20 bits per heavy atom. The SMILES string of the molecule is C=C(C)C(=O)Nc1ccc(SN2C(=O)CCC2=O)cc1. The molecule has 0 unspecified atom stereocenters.